The first-order valence-electron chi connectivity index (χ1n) is 11.7. The largest absolute Gasteiger partial charge is 0.507 e. The molecule has 1 saturated carbocycles. The Kier molecular flexibility index (Phi) is 12.4. The number of nitrogens with one attached hydrogen (secondary N) is 2. The lowest BCUT2D eigenvalue weighted by Gasteiger charge is -2.41. The second kappa shape index (κ2) is 14.2. The molecule has 186 valence electrons. The van der Waals surface area contributed by atoms with Crippen molar-refractivity contribution in [3.8, 4) is 0 Å². The van der Waals surface area contributed by atoms with E-state index in [4.69, 9.17) is 5.73 Å². The number of aliphatic hydroxyl groups excluding tert-OH is 1. The van der Waals surface area contributed by atoms with Gasteiger partial charge in [0, 0.05) is 18.0 Å². The van der Waals surface area contributed by atoms with Gasteiger partial charge >= 0.3 is 0 Å². The Morgan fingerprint density at radius 1 is 1.21 bits per heavy atom. The third-order valence-electron chi connectivity index (χ3n) is 5.82. The van der Waals surface area contributed by atoms with Gasteiger partial charge in [-0.25, -0.2) is 13.1 Å². The highest BCUT2D eigenvalue weighted by Gasteiger charge is 2.37. The smallest absolute Gasteiger partial charge is 0.250 e. The van der Waals surface area contributed by atoms with Crippen molar-refractivity contribution >= 4 is 15.9 Å². The fourth-order valence-electron chi connectivity index (χ4n) is 3.80. The molecule has 0 unspecified atom stereocenters. The Balaban J connectivity index is 0.00000125. The number of allylic oxidation sites excluding steroid dienone is 2. The van der Waals surface area contributed by atoms with Gasteiger partial charge in [-0.1, -0.05) is 50.3 Å². The monoisotopic (exact) mass is 479 g/mol. The van der Waals surface area contributed by atoms with Crippen LogP contribution in [0.2, 0.25) is 0 Å². The molecule has 0 heterocycles. The molecule has 1 aromatic rings. The maximum atomic E-state index is 12.6. The Labute approximate surface area is 199 Å². The van der Waals surface area contributed by atoms with E-state index in [0.717, 1.165) is 37.8 Å². The van der Waals surface area contributed by atoms with Crippen LogP contribution in [-0.2, 0) is 20.2 Å². The summed E-state index contributed by atoms with van der Waals surface area (Å²) < 4.78 is 25.8. The molecule has 1 aliphatic rings. The first-order chi connectivity index (χ1) is 15.6. The van der Waals surface area contributed by atoms with Crippen LogP contribution in [0.25, 0.3) is 0 Å². The molecule has 0 aromatic heterocycles. The van der Waals surface area contributed by atoms with Gasteiger partial charge in [0.25, 0.3) is 5.91 Å². The Hall–Kier alpha value is -2.16. The summed E-state index contributed by atoms with van der Waals surface area (Å²) in [4.78, 5) is 12.6. The van der Waals surface area contributed by atoms with Crippen molar-refractivity contribution in [3.05, 3.63) is 59.4 Å². The standard InChI is InChI=1S/C22H32N2O4S.C3H9N/c1-4-5-11-20(25)17(2)21(26)23-16-22(18-9-7-6-8-10-18)14-12-19(13-15-22)24-29(3,27)28;1-2-3-4/h5-11,19,24-25H,4,12-16H2,1-3H3,(H,23,26);2-4H2,1H3/b11-5-,20-17-;. The number of carbonyl (C=O) groups excluding carboxylic acids is 1. The molecular weight excluding hydrogens is 438 g/mol. The minimum atomic E-state index is -3.24. The van der Waals surface area contributed by atoms with E-state index in [9.17, 15) is 18.3 Å². The number of benzene rings is 1. The van der Waals surface area contributed by atoms with Crippen molar-refractivity contribution in [1.82, 2.24) is 10.0 Å². The first-order valence-corrected chi connectivity index (χ1v) is 13.5. The molecule has 0 radical (unpaired) electrons. The number of sulfonamides is 1. The SMILES string of the molecule is CC/C=C\C(O)=C(/C)C(=O)NCC1(c2ccccc2)CCC(NS(C)(=O)=O)CC1.CCCN. The van der Waals surface area contributed by atoms with Gasteiger partial charge in [-0.2, -0.15) is 0 Å². The molecule has 2 rings (SSSR count). The van der Waals surface area contributed by atoms with Crippen LogP contribution >= 0.6 is 0 Å². The van der Waals surface area contributed by atoms with E-state index in [1.165, 1.54) is 6.26 Å². The van der Waals surface area contributed by atoms with Crippen molar-refractivity contribution in [3.63, 3.8) is 0 Å². The van der Waals surface area contributed by atoms with Crippen LogP contribution < -0.4 is 15.8 Å². The molecule has 8 heteroatoms. The Morgan fingerprint density at radius 2 is 1.79 bits per heavy atom. The summed E-state index contributed by atoms with van der Waals surface area (Å²) in [6, 6.07) is 9.94. The molecule has 0 atom stereocenters. The van der Waals surface area contributed by atoms with Crippen LogP contribution in [0.4, 0.5) is 0 Å². The van der Waals surface area contributed by atoms with Crippen molar-refractivity contribution in [2.24, 2.45) is 5.73 Å². The minimum absolute atomic E-state index is 0.0285. The molecule has 0 aliphatic heterocycles. The number of amides is 1. The zero-order valence-corrected chi connectivity index (χ0v) is 21.2. The van der Waals surface area contributed by atoms with Gasteiger partial charge in [0.05, 0.1) is 11.8 Å². The second-order valence-corrected chi connectivity index (χ2v) is 10.4. The number of carbonyl (C=O) groups is 1. The van der Waals surface area contributed by atoms with Crippen LogP contribution in [0, 0.1) is 0 Å². The zero-order chi connectivity index (χ0) is 24.9. The van der Waals surface area contributed by atoms with Gasteiger partial charge < -0.3 is 16.2 Å². The Morgan fingerprint density at radius 3 is 2.27 bits per heavy atom. The maximum Gasteiger partial charge on any atom is 0.250 e. The van der Waals surface area contributed by atoms with Gasteiger partial charge in [-0.05, 0) is 63.6 Å². The summed E-state index contributed by atoms with van der Waals surface area (Å²) in [5.41, 5.74) is 6.18. The summed E-state index contributed by atoms with van der Waals surface area (Å²) in [5.74, 6) is -0.325. The van der Waals surface area contributed by atoms with Crippen molar-refractivity contribution in [1.29, 1.82) is 0 Å². The molecule has 1 aromatic carbocycles. The van der Waals surface area contributed by atoms with Crippen LogP contribution in [0.1, 0.15) is 64.9 Å². The topological polar surface area (TPSA) is 122 Å². The highest BCUT2D eigenvalue weighted by atomic mass is 32.2. The first kappa shape index (κ1) is 28.9. The summed E-state index contributed by atoms with van der Waals surface area (Å²) in [6.45, 7) is 6.87. The summed E-state index contributed by atoms with van der Waals surface area (Å²) in [6.07, 6.45) is 9.33. The lowest BCUT2D eigenvalue weighted by atomic mass is 9.68. The summed E-state index contributed by atoms with van der Waals surface area (Å²) in [7, 11) is -3.24. The van der Waals surface area contributed by atoms with Crippen LogP contribution in [0.5, 0.6) is 0 Å². The predicted octanol–water partition coefficient (Wildman–Crippen LogP) is 3.69. The fraction of sp³-hybridized carbons (Fsp3) is 0.560. The number of hydrogen-bond acceptors (Lipinski definition) is 5. The molecule has 5 N–H and O–H groups in total. The Bertz CT molecular complexity index is 885. The molecule has 33 heavy (non-hydrogen) atoms. The molecule has 0 bridgehead atoms. The van der Waals surface area contributed by atoms with Crippen molar-refractivity contribution < 1.29 is 18.3 Å². The van der Waals surface area contributed by atoms with Gasteiger partial charge in [-0.3, -0.25) is 4.79 Å². The van der Waals surface area contributed by atoms with E-state index in [2.05, 4.69) is 29.1 Å². The second-order valence-electron chi connectivity index (χ2n) is 8.60. The predicted molar refractivity (Wildman–Crippen MR) is 135 cm³/mol. The quantitative estimate of drug-likeness (QED) is 0.244. The van der Waals surface area contributed by atoms with Gasteiger partial charge in [0.2, 0.25) is 10.0 Å². The van der Waals surface area contributed by atoms with Crippen LogP contribution in [0.15, 0.2) is 53.8 Å². The highest BCUT2D eigenvalue weighted by Crippen LogP contribution is 2.39. The molecule has 1 aliphatic carbocycles. The lowest BCUT2D eigenvalue weighted by molar-refractivity contribution is -0.118. The maximum absolute atomic E-state index is 12.6. The molecule has 0 saturated heterocycles. The van der Waals surface area contributed by atoms with Gasteiger partial charge in [0.15, 0.2) is 0 Å². The van der Waals surface area contributed by atoms with Crippen LogP contribution in [0.3, 0.4) is 0 Å². The zero-order valence-electron chi connectivity index (χ0n) is 20.4. The number of rotatable bonds is 9. The van der Waals surface area contributed by atoms with Gasteiger partial charge in [0.1, 0.15) is 5.76 Å². The molecular formula is C25H41N3O4S. The summed E-state index contributed by atoms with van der Waals surface area (Å²) in [5, 5.41) is 13.0. The van der Waals surface area contributed by atoms with Crippen LogP contribution in [-0.4, -0.2) is 44.8 Å². The normalized spacial score (nSPS) is 21.7. The van der Waals surface area contributed by atoms with E-state index in [-0.39, 0.29) is 28.7 Å². The highest BCUT2D eigenvalue weighted by molar-refractivity contribution is 7.88. The molecule has 7 nitrogen and oxygen atoms in total. The molecule has 1 amide bonds. The lowest BCUT2D eigenvalue weighted by Crippen LogP contribution is -2.47. The molecule has 1 fully saturated rings. The van der Waals surface area contributed by atoms with E-state index in [0.29, 0.717) is 19.4 Å². The van der Waals surface area contributed by atoms with E-state index in [1.807, 2.05) is 25.1 Å². The van der Waals surface area contributed by atoms with Gasteiger partial charge in [-0.15, -0.1) is 0 Å². The number of aliphatic hydroxyl groups is 1. The van der Waals surface area contributed by atoms with E-state index in [1.54, 1.807) is 19.1 Å². The van der Waals surface area contributed by atoms with E-state index < -0.39 is 10.0 Å². The summed E-state index contributed by atoms with van der Waals surface area (Å²) >= 11 is 0. The van der Waals surface area contributed by atoms with Crippen molar-refractivity contribution in [2.75, 3.05) is 19.3 Å². The number of nitrogens with two attached hydrogens (primary N) is 1. The minimum Gasteiger partial charge on any atom is -0.507 e. The third kappa shape index (κ3) is 10.1. The van der Waals surface area contributed by atoms with Crippen molar-refractivity contribution in [2.45, 2.75) is 70.8 Å². The fourth-order valence-corrected chi connectivity index (χ4v) is 4.64. The average molecular weight is 480 g/mol. The number of hydrogen-bond donors (Lipinski definition) is 4. The average Bonchev–Trinajstić information content (AvgIpc) is 2.81. The molecule has 0 spiro atoms. The third-order valence-corrected chi connectivity index (χ3v) is 6.58. The van der Waals surface area contributed by atoms with E-state index >= 15 is 0 Å².